The van der Waals surface area contributed by atoms with Crippen molar-refractivity contribution in [1.29, 1.82) is 0 Å². The van der Waals surface area contributed by atoms with Crippen LogP contribution >= 0.6 is 23.4 Å². The molecule has 10 heteroatoms. The lowest BCUT2D eigenvalue weighted by Gasteiger charge is -2.12. The van der Waals surface area contributed by atoms with E-state index in [1.165, 1.54) is 23.9 Å². The van der Waals surface area contributed by atoms with Gasteiger partial charge in [-0.15, -0.1) is 11.8 Å². The summed E-state index contributed by atoms with van der Waals surface area (Å²) in [6.45, 7) is 1.78. The third-order valence-corrected chi connectivity index (χ3v) is 7.23. The van der Waals surface area contributed by atoms with Crippen LogP contribution in [0, 0.1) is 6.92 Å². The standard InChI is InChI=1S/C23H23ClN2O5S2/c1-15-4-5-16(24)12-20(15)26-33(28,29)19-9-6-17(7-10-19)25-23(27)14-32-18-8-11-21(30-2)22(13-18)31-3/h4-13,26H,14H2,1-3H3,(H,25,27). The molecule has 0 aliphatic rings. The van der Waals surface area contributed by atoms with Gasteiger partial charge in [-0.05, 0) is 67.1 Å². The summed E-state index contributed by atoms with van der Waals surface area (Å²) in [7, 11) is -0.695. The van der Waals surface area contributed by atoms with Crippen molar-refractivity contribution in [3.05, 3.63) is 71.2 Å². The van der Waals surface area contributed by atoms with Gasteiger partial charge in [-0.1, -0.05) is 17.7 Å². The van der Waals surface area contributed by atoms with E-state index in [-0.39, 0.29) is 16.6 Å². The monoisotopic (exact) mass is 506 g/mol. The molecule has 3 rings (SSSR count). The number of hydrogen-bond acceptors (Lipinski definition) is 6. The zero-order valence-electron chi connectivity index (χ0n) is 18.2. The molecule has 0 aliphatic carbocycles. The number of nitrogens with one attached hydrogen (secondary N) is 2. The molecular weight excluding hydrogens is 484 g/mol. The van der Waals surface area contributed by atoms with E-state index in [0.717, 1.165) is 10.5 Å². The van der Waals surface area contributed by atoms with Crippen LogP contribution in [0.5, 0.6) is 11.5 Å². The summed E-state index contributed by atoms with van der Waals surface area (Å²) >= 11 is 7.31. The van der Waals surface area contributed by atoms with Crippen molar-refractivity contribution in [3.63, 3.8) is 0 Å². The molecule has 0 atom stereocenters. The van der Waals surface area contributed by atoms with Crippen molar-refractivity contribution in [2.24, 2.45) is 0 Å². The van der Waals surface area contributed by atoms with Gasteiger partial charge in [0.25, 0.3) is 10.0 Å². The van der Waals surface area contributed by atoms with Gasteiger partial charge in [0.2, 0.25) is 5.91 Å². The molecular formula is C23H23ClN2O5S2. The van der Waals surface area contributed by atoms with Gasteiger partial charge in [-0.2, -0.15) is 0 Å². The largest absolute Gasteiger partial charge is 0.493 e. The van der Waals surface area contributed by atoms with Gasteiger partial charge in [0, 0.05) is 15.6 Å². The first-order valence-corrected chi connectivity index (χ1v) is 12.6. The number of benzene rings is 3. The van der Waals surface area contributed by atoms with Gasteiger partial charge >= 0.3 is 0 Å². The summed E-state index contributed by atoms with van der Waals surface area (Å²) in [6, 6.07) is 16.3. The van der Waals surface area contributed by atoms with Crippen molar-refractivity contribution in [3.8, 4) is 11.5 Å². The number of carbonyl (C=O) groups excluding carboxylic acids is 1. The van der Waals surface area contributed by atoms with Crippen molar-refractivity contribution in [2.75, 3.05) is 30.0 Å². The number of thioether (sulfide) groups is 1. The molecule has 0 radical (unpaired) electrons. The van der Waals surface area contributed by atoms with E-state index in [0.29, 0.717) is 27.9 Å². The number of anilines is 2. The topological polar surface area (TPSA) is 93.7 Å². The van der Waals surface area contributed by atoms with E-state index in [4.69, 9.17) is 21.1 Å². The molecule has 3 aromatic rings. The molecule has 0 spiro atoms. The molecule has 0 aliphatic heterocycles. The van der Waals surface area contributed by atoms with E-state index >= 15 is 0 Å². The van der Waals surface area contributed by atoms with Crippen LogP contribution in [0.15, 0.2) is 70.5 Å². The highest BCUT2D eigenvalue weighted by molar-refractivity contribution is 8.00. The second-order valence-electron chi connectivity index (χ2n) is 6.94. The summed E-state index contributed by atoms with van der Waals surface area (Å²) in [6.07, 6.45) is 0. The summed E-state index contributed by atoms with van der Waals surface area (Å²) < 4.78 is 38.4. The normalized spacial score (nSPS) is 11.0. The van der Waals surface area contributed by atoms with Crippen molar-refractivity contribution >= 4 is 50.7 Å². The summed E-state index contributed by atoms with van der Waals surface area (Å²) in [5.74, 6) is 1.14. The van der Waals surface area contributed by atoms with E-state index < -0.39 is 10.0 Å². The minimum absolute atomic E-state index is 0.0691. The van der Waals surface area contributed by atoms with E-state index in [9.17, 15) is 13.2 Å². The van der Waals surface area contributed by atoms with Crippen molar-refractivity contribution in [1.82, 2.24) is 0 Å². The number of methoxy groups -OCH3 is 2. The first-order chi connectivity index (χ1) is 15.7. The Morgan fingerprint density at radius 3 is 2.33 bits per heavy atom. The second-order valence-corrected chi connectivity index (χ2v) is 10.1. The average molecular weight is 507 g/mol. The van der Waals surface area contributed by atoms with E-state index in [1.807, 2.05) is 6.07 Å². The van der Waals surface area contributed by atoms with Gasteiger partial charge in [-0.25, -0.2) is 8.42 Å². The highest BCUT2D eigenvalue weighted by Gasteiger charge is 2.16. The van der Waals surface area contributed by atoms with Crippen LogP contribution < -0.4 is 19.5 Å². The average Bonchev–Trinajstić information content (AvgIpc) is 2.80. The van der Waals surface area contributed by atoms with Crippen molar-refractivity contribution < 1.29 is 22.7 Å². The number of carbonyl (C=O) groups is 1. The van der Waals surface area contributed by atoms with Gasteiger partial charge in [-0.3, -0.25) is 9.52 Å². The molecule has 3 aromatic carbocycles. The predicted molar refractivity (Wildman–Crippen MR) is 132 cm³/mol. The molecule has 0 saturated heterocycles. The maximum atomic E-state index is 12.7. The Morgan fingerprint density at radius 2 is 1.67 bits per heavy atom. The second kappa shape index (κ2) is 10.8. The number of rotatable bonds is 9. The highest BCUT2D eigenvalue weighted by Crippen LogP contribution is 2.32. The molecule has 7 nitrogen and oxygen atoms in total. The minimum atomic E-state index is -3.80. The number of sulfonamides is 1. The first kappa shape index (κ1) is 24.8. The lowest BCUT2D eigenvalue weighted by molar-refractivity contribution is -0.113. The van der Waals surface area contributed by atoms with Gasteiger partial charge in [0.05, 0.1) is 30.6 Å². The van der Waals surface area contributed by atoms with Crippen LogP contribution in [0.1, 0.15) is 5.56 Å². The molecule has 0 heterocycles. The smallest absolute Gasteiger partial charge is 0.261 e. The lowest BCUT2D eigenvalue weighted by atomic mass is 10.2. The zero-order valence-corrected chi connectivity index (χ0v) is 20.6. The van der Waals surface area contributed by atoms with Crippen LogP contribution in [-0.2, 0) is 14.8 Å². The minimum Gasteiger partial charge on any atom is -0.493 e. The zero-order chi connectivity index (χ0) is 24.0. The molecule has 2 N–H and O–H groups in total. The maximum absolute atomic E-state index is 12.7. The summed E-state index contributed by atoms with van der Waals surface area (Å²) in [5.41, 5.74) is 1.65. The summed E-state index contributed by atoms with van der Waals surface area (Å²) in [4.78, 5) is 13.2. The predicted octanol–water partition coefficient (Wildman–Crippen LogP) is 5.20. The summed E-state index contributed by atoms with van der Waals surface area (Å²) in [5, 5.41) is 3.19. The molecule has 0 bridgehead atoms. The van der Waals surface area contributed by atoms with Crippen LogP contribution in [0.25, 0.3) is 0 Å². The first-order valence-electron chi connectivity index (χ1n) is 9.75. The van der Waals surface area contributed by atoms with Gasteiger partial charge in [0.1, 0.15) is 0 Å². The fraction of sp³-hybridized carbons (Fsp3) is 0.174. The van der Waals surface area contributed by atoms with E-state index in [2.05, 4.69) is 10.0 Å². The Kier molecular flexibility index (Phi) is 8.12. The van der Waals surface area contributed by atoms with Gasteiger partial charge < -0.3 is 14.8 Å². The molecule has 33 heavy (non-hydrogen) atoms. The van der Waals surface area contributed by atoms with Crippen LogP contribution in [0.4, 0.5) is 11.4 Å². The Labute approximate surface area is 202 Å². The number of ether oxygens (including phenoxy) is 2. The molecule has 1 amide bonds. The highest BCUT2D eigenvalue weighted by atomic mass is 35.5. The quantitative estimate of drug-likeness (QED) is 0.387. The fourth-order valence-electron chi connectivity index (χ4n) is 2.88. The number of amides is 1. The molecule has 0 unspecified atom stereocenters. The fourth-order valence-corrected chi connectivity index (χ4v) is 4.90. The van der Waals surface area contributed by atoms with Crippen LogP contribution in [-0.4, -0.2) is 34.3 Å². The Bertz CT molecular complexity index is 1250. The lowest BCUT2D eigenvalue weighted by Crippen LogP contribution is -2.15. The van der Waals surface area contributed by atoms with Crippen LogP contribution in [0.2, 0.25) is 5.02 Å². The van der Waals surface area contributed by atoms with E-state index in [1.54, 1.807) is 63.6 Å². The molecule has 0 saturated carbocycles. The maximum Gasteiger partial charge on any atom is 0.261 e. The van der Waals surface area contributed by atoms with Gasteiger partial charge in [0.15, 0.2) is 11.5 Å². The third kappa shape index (κ3) is 6.56. The van der Waals surface area contributed by atoms with Crippen LogP contribution in [0.3, 0.4) is 0 Å². The number of hydrogen-bond donors (Lipinski definition) is 2. The molecule has 174 valence electrons. The van der Waals surface area contributed by atoms with Crippen molar-refractivity contribution in [2.45, 2.75) is 16.7 Å². The number of halogens is 1. The molecule has 0 fully saturated rings. The Hall–Kier alpha value is -2.88. The Morgan fingerprint density at radius 1 is 0.970 bits per heavy atom. The third-order valence-electron chi connectivity index (χ3n) is 4.62. The SMILES string of the molecule is COc1ccc(SCC(=O)Nc2ccc(S(=O)(=O)Nc3cc(Cl)ccc3C)cc2)cc1OC. The number of aryl methyl sites for hydroxylation is 1. The Balaban J connectivity index is 1.60. The molecule has 0 aromatic heterocycles.